The lowest BCUT2D eigenvalue weighted by atomic mass is 10.0. The van der Waals surface area contributed by atoms with Crippen LogP contribution in [-0.2, 0) is 11.3 Å². The van der Waals surface area contributed by atoms with E-state index in [4.69, 9.17) is 4.74 Å². The average Bonchev–Trinajstić information content (AvgIpc) is 2.47. The molecule has 0 unspecified atom stereocenters. The first-order valence-electron chi connectivity index (χ1n) is 7.50. The number of piperidine rings is 1. The van der Waals surface area contributed by atoms with Crippen molar-refractivity contribution >= 4 is 22.0 Å². The Kier molecular flexibility index (Phi) is 6.06. The van der Waals surface area contributed by atoms with Crippen LogP contribution in [0, 0.1) is 6.92 Å². The number of aryl methyl sites for hydroxylation is 1. The van der Waals surface area contributed by atoms with Gasteiger partial charge < -0.3 is 15.0 Å². The molecule has 1 aliphatic rings. The first-order chi connectivity index (χ1) is 10.1. The van der Waals surface area contributed by atoms with Gasteiger partial charge in [-0.05, 0) is 43.9 Å². The van der Waals surface area contributed by atoms with Crippen LogP contribution in [0.5, 0.6) is 0 Å². The predicted octanol–water partition coefficient (Wildman–Crippen LogP) is 3.47. The van der Waals surface area contributed by atoms with Gasteiger partial charge in [0.15, 0.2) is 0 Å². The second-order valence-corrected chi connectivity index (χ2v) is 6.29. The first kappa shape index (κ1) is 16.3. The summed E-state index contributed by atoms with van der Waals surface area (Å²) >= 11 is 3.61. The van der Waals surface area contributed by atoms with Crippen molar-refractivity contribution in [3.05, 3.63) is 33.8 Å². The molecule has 0 atom stereocenters. The Morgan fingerprint density at radius 2 is 2.14 bits per heavy atom. The summed E-state index contributed by atoms with van der Waals surface area (Å²) in [5, 5.41) is 3.58. The van der Waals surface area contributed by atoms with E-state index in [1.165, 1.54) is 11.1 Å². The number of halogens is 1. The molecule has 1 N–H and O–H groups in total. The lowest BCUT2D eigenvalue weighted by Gasteiger charge is -2.31. The summed E-state index contributed by atoms with van der Waals surface area (Å²) < 4.78 is 6.19. The van der Waals surface area contributed by atoms with Gasteiger partial charge in [0.25, 0.3) is 0 Å². The number of hydrogen-bond donors (Lipinski definition) is 1. The predicted molar refractivity (Wildman–Crippen MR) is 87.3 cm³/mol. The largest absolute Gasteiger partial charge is 0.450 e. The fourth-order valence-corrected chi connectivity index (χ4v) is 3.16. The Labute approximate surface area is 135 Å². The highest BCUT2D eigenvalue weighted by Crippen LogP contribution is 2.19. The third-order valence-corrected chi connectivity index (χ3v) is 4.55. The molecule has 0 aliphatic carbocycles. The topological polar surface area (TPSA) is 41.6 Å². The van der Waals surface area contributed by atoms with Gasteiger partial charge in [0.2, 0.25) is 0 Å². The zero-order chi connectivity index (χ0) is 15.2. The quantitative estimate of drug-likeness (QED) is 0.899. The number of rotatable bonds is 4. The van der Waals surface area contributed by atoms with Gasteiger partial charge in [-0.25, -0.2) is 4.79 Å². The molecule has 5 heteroatoms. The third kappa shape index (κ3) is 4.71. The molecule has 1 heterocycles. The molecule has 1 amide bonds. The summed E-state index contributed by atoms with van der Waals surface area (Å²) in [6.45, 7) is 6.76. The summed E-state index contributed by atoms with van der Waals surface area (Å²) in [5.74, 6) is 0. The molecule has 0 radical (unpaired) electrons. The molecular weight excluding hydrogens is 332 g/mol. The Morgan fingerprint density at radius 3 is 2.76 bits per heavy atom. The number of nitrogens with one attached hydrogen (secondary N) is 1. The van der Waals surface area contributed by atoms with Crippen LogP contribution in [0.4, 0.5) is 4.79 Å². The van der Waals surface area contributed by atoms with E-state index >= 15 is 0 Å². The number of carbonyl (C=O) groups excluding carboxylic acids is 1. The molecule has 1 fully saturated rings. The van der Waals surface area contributed by atoms with Crippen LogP contribution in [0.1, 0.15) is 30.9 Å². The number of ether oxygens (including phenoxy) is 1. The first-order valence-corrected chi connectivity index (χ1v) is 8.29. The fraction of sp³-hybridized carbons (Fsp3) is 0.562. The molecule has 4 nitrogen and oxygen atoms in total. The maximum Gasteiger partial charge on any atom is 0.409 e. The molecule has 1 aromatic rings. The summed E-state index contributed by atoms with van der Waals surface area (Å²) in [5.41, 5.74) is 2.53. The van der Waals surface area contributed by atoms with Crippen LogP contribution >= 0.6 is 15.9 Å². The van der Waals surface area contributed by atoms with Crippen LogP contribution in [0.2, 0.25) is 0 Å². The van der Waals surface area contributed by atoms with Gasteiger partial charge in [0.05, 0.1) is 6.61 Å². The van der Waals surface area contributed by atoms with E-state index < -0.39 is 0 Å². The van der Waals surface area contributed by atoms with Gasteiger partial charge in [-0.1, -0.05) is 28.1 Å². The summed E-state index contributed by atoms with van der Waals surface area (Å²) in [6, 6.07) is 6.88. The number of nitrogens with zero attached hydrogens (tertiary/aromatic N) is 1. The second kappa shape index (κ2) is 7.80. The van der Waals surface area contributed by atoms with E-state index in [0.717, 1.165) is 36.9 Å². The SMILES string of the molecule is CCOC(=O)N1CCC(NCc2ccc(C)cc2Br)CC1. The lowest BCUT2D eigenvalue weighted by molar-refractivity contribution is 0.0950. The smallest absolute Gasteiger partial charge is 0.409 e. The maximum absolute atomic E-state index is 11.6. The average molecular weight is 355 g/mol. The van der Waals surface area contributed by atoms with Crippen LogP contribution in [-0.4, -0.2) is 36.7 Å². The molecular formula is C16H23BrN2O2. The van der Waals surface area contributed by atoms with Gasteiger partial charge in [-0.15, -0.1) is 0 Å². The molecule has 21 heavy (non-hydrogen) atoms. The number of benzene rings is 1. The molecule has 2 rings (SSSR count). The van der Waals surface area contributed by atoms with Crippen LogP contribution in [0.3, 0.4) is 0 Å². The monoisotopic (exact) mass is 354 g/mol. The highest BCUT2D eigenvalue weighted by atomic mass is 79.9. The van der Waals surface area contributed by atoms with E-state index in [9.17, 15) is 4.79 Å². The summed E-state index contributed by atoms with van der Waals surface area (Å²) in [7, 11) is 0. The normalized spacial score (nSPS) is 16.0. The minimum atomic E-state index is -0.183. The van der Waals surface area contributed by atoms with Gasteiger partial charge in [0.1, 0.15) is 0 Å². The van der Waals surface area contributed by atoms with E-state index in [-0.39, 0.29) is 6.09 Å². The molecule has 1 aliphatic heterocycles. The molecule has 0 bridgehead atoms. The zero-order valence-corrected chi connectivity index (χ0v) is 14.3. The third-order valence-electron chi connectivity index (χ3n) is 3.81. The Hall–Kier alpha value is -1.07. The van der Waals surface area contributed by atoms with Crippen LogP contribution in [0.25, 0.3) is 0 Å². The van der Waals surface area contributed by atoms with E-state index in [1.807, 2.05) is 6.92 Å². The van der Waals surface area contributed by atoms with Crippen molar-refractivity contribution in [2.24, 2.45) is 0 Å². The zero-order valence-electron chi connectivity index (χ0n) is 12.7. The summed E-state index contributed by atoms with van der Waals surface area (Å²) in [4.78, 5) is 13.4. The molecule has 0 aromatic heterocycles. The van der Waals surface area contributed by atoms with Crippen molar-refractivity contribution in [2.75, 3.05) is 19.7 Å². The van der Waals surface area contributed by atoms with Gasteiger partial charge in [0, 0.05) is 30.1 Å². The van der Waals surface area contributed by atoms with Crippen molar-refractivity contribution in [3.63, 3.8) is 0 Å². The minimum Gasteiger partial charge on any atom is -0.450 e. The van der Waals surface area contributed by atoms with Crippen molar-refractivity contribution in [2.45, 2.75) is 39.3 Å². The second-order valence-electron chi connectivity index (χ2n) is 5.44. The molecule has 0 spiro atoms. The van der Waals surface area contributed by atoms with Gasteiger partial charge in [-0.3, -0.25) is 0 Å². The van der Waals surface area contributed by atoms with Crippen molar-refractivity contribution < 1.29 is 9.53 Å². The number of carbonyl (C=O) groups is 1. The number of amides is 1. The van der Waals surface area contributed by atoms with Gasteiger partial charge >= 0.3 is 6.09 Å². The number of hydrogen-bond acceptors (Lipinski definition) is 3. The molecule has 0 saturated carbocycles. The van der Waals surface area contributed by atoms with Gasteiger partial charge in [-0.2, -0.15) is 0 Å². The summed E-state index contributed by atoms with van der Waals surface area (Å²) in [6.07, 6.45) is 1.77. The van der Waals surface area contributed by atoms with Crippen LogP contribution < -0.4 is 5.32 Å². The Bertz CT molecular complexity index is 485. The maximum atomic E-state index is 11.6. The lowest BCUT2D eigenvalue weighted by Crippen LogP contribution is -2.44. The standard InChI is InChI=1S/C16H23BrN2O2/c1-3-21-16(20)19-8-6-14(7-9-19)18-11-13-5-4-12(2)10-15(13)17/h4-5,10,14,18H,3,6-9,11H2,1-2H3. The highest BCUT2D eigenvalue weighted by Gasteiger charge is 2.23. The molecule has 1 saturated heterocycles. The fourth-order valence-electron chi connectivity index (χ4n) is 2.53. The number of likely N-dealkylation sites (tertiary alicyclic amines) is 1. The van der Waals surface area contributed by atoms with Crippen molar-refractivity contribution in [1.82, 2.24) is 10.2 Å². The van der Waals surface area contributed by atoms with Crippen LogP contribution in [0.15, 0.2) is 22.7 Å². The Balaban J connectivity index is 1.77. The molecule has 116 valence electrons. The van der Waals surface area contributed by atoms with E-state index in [2.05, 4.69) is 46.4 Å². The Morgan fingerprint density at radius 1 is 1.43 bits per heavy atom. The van der Waals surface area contributed by atoms with E-state index in [0.29, 0.717) is 12.6 Å². The van der Waals surface area contributed by atoms with E-state index in [1.54, 1.807) is 4.90 Å². The van der Waals surface area contributed by atoms with Crippen molar-refractivity contribution in [3.8, 4) is 0 Å². The van der Waals surface area contributed by atoms with Crippen molar-refractivity contribution in [1.29, 1.82) is 0 Å². The molecule has 1 aromatic carbocycles. The highest BCUT2D eigenvalue weighted by molar-refractivity contribution is 9.10. The minimum absolute atomic E-state index is 0.183.